The summed E-state index contributed by atoms with van der Waals surface area (Å²) in [4.78, 5) is 8.30. The summed E-state index contributed by atoms with van der Waals surface area (Å²) >= 11 is 0. The molecular weight excluding hydrogens is 385 g/mol. The minimum absolute atomic E-state index is 0.0638. The van der Waals surface area contributed by atoms with Crippen LogP contribution in [-0.4, -0.2) is 57.6 Å². The highest BCUT2D eigenvalue weighted by Gasteiger charge is 2.37. The maximum absolute atomic E-state index is 14.3. The number of benzene rings is 1. The zero-order valence-corrected chi connectivity index (χ0v) is 16.3. The highest BCUT2D eigenvalue weighted by atomic mass is 32.2. The summed E-state index contributed by atoms with van der Waals surface area (Å²) in [6.07, 6.45) is 4.00. The number of halogens is 1. The Kier molecular flexibility index (Phi) is 5.31. The maximum atomic E-state index is 14.3. The van der Waals surface area contributed by atoms with Crippen LogP contribution in [0.15, 0.2) is 35.5 Å². The van der Waals surface area contributed by atoms with E-state index in [1.54, 1.807) is 0 Å². The van der Waals surface area contributed by atoms with Crippen molar-refractivity contribution in [2.75, 3.05) is 39.2 Å². The van der Waals surface area contributed by atoms with E-state index >= 15 is 0 Å². The SMILES string of the molecule is CS(=O)(=O)c1ccc(-c2cnc(OCC3C4CNCC3COC4)nc2)c(F)c1. The van der Waals surface area contributed by atoms with E-state index in [1.807, 2.05) is 0 Å². The molecule has 9 heteroatoms. The van der Waals surface area contributed by atoms with Gasteiger partial charge < -0.3 is 14.8 Å². The third kappa shape index (κ3) is 4.01. The fourth-order valence-corrected chi connectivity index (χ4v) is 4.44. The van der Waals surface area contributed by atoms with Crippen LogP contribution in [0.3, 0.4) is 0 Å². The van der Waals surface area contributed by atoms with Crippen LogP contribution in [0.2, 0.25) is 0 Å². The molecule has 150 valence electrons. The average Bonchev–Trinajstić information content (AvgIpc) is 2.66. The molecule has 2 saturated heterocycles. The number of hydrogen-bond acceptors (Lipinski definition) is 7. The van der Waals surface area contributed by atoms with E-state index in [0.29, 0.717) is 29.9 Å². The highest BCUT2D eigenvalue weighted by molar-refractivity contribution is 7.90. The number of nitrogens with zero attached hydrogens (tertiary/aromatic N) is 2. The van der Waals surface area contributed by atoms with Crippen LogP contribution in [-0.2, 0) is 14.6 Å². The first-order valence-electron chi connectivity index (χ1n) is 9.15. The van der Waals surface area contributed by atoms with Crippen molar-refractivity contribution in [2.45, 2.75) is 4.90 Å². The molecule has 0 spiro atoms. The summed E-state index contributed by atoms with van der Waals surface area (Å²) < 4.78 is 48.8. The first kappa shape index (κ1) is 19.2. The molecular formula is C19H22FN3O4S. The predicted molar refractivity (Wildman–Crippen MR) is 100 cm³/mol. The van der Waals surface area contributed by atoms with Gasteiger partial charge in [0.05, 0.1) is 24.7 Å². The summed E-state index contributed by atoms with van der Waals surface area (Å²) in [7, 11) is -3.46. The molecule has 0 aliphatic carbocycles. The summed E-state index contributed by atoms with van der Waals surface area (Å²) in [5, 5.41) is 3.42. The quantitative estimate of drug-likeness (QED) is 0.804. The van der Waals surface area contributed by atoms with E-state index in [4.69, 9.17) is 9.47 Å². The molecule has 2 aliphatic heterocycles. The Hall–Kier alpha value is -2.10. The molecule has 1 N–H and O–H groups in total. The first-order valence-corrected chi connectivity index (χ1v) is 11.0. The van der Waals surface area contributed by atoms with Crippen molar-refractivity contribution >= 4 is 9.84 Å². The number of nitrogens with one attached hydrogen (secondary N) is 1. The lowest BCUT2D eigenvalue weighted by Gasteiger charge is -2.42. The van der Waals surface area contributed by atoms with Crippen molar-refractivity contribution in [3.8, 4) is 17.1 Å². The number of rotatable bonds is 5. The minimum atomic E-state index is -3.46. The van der Waals surface area contributed by atoms with Crippen LogP contribution in [0, 0.1) is 23.6 Å². The van der Waals surface area contributed by atoms with Crippen LogP contribution in [0.5, 0.6) is 6.01 Å². The summed E-state index contributed by atoms with van der Waals surface area (Å²) in [5.74, 6) is 0.616. The highest BCUT2D eigenvalue weighted by Crippen LogP contribution is 2.30. The average molecular weight is 407 g/mol. The van der Waals surface area contributed by atoms with Crippen molar-refractivity contribution < 1.29 is 22.3 Å². The molecule has 28 heavy (non-hydrogen) atoms. The Morgan fingerprint density at radius 1 is 1.21 bits per heavy atom. The van der Waals surface area contributed by atoms with E-state index < -0.39 is 15.7 Å². The van der Waals surface area contributed by atoms with Gasteiger partial charge >= 0.3 is 6.01 Å². The molecule has 2 aromatic rings. The maximum Gasteiger partial charge on any atom is 0.316 e. The van der Waals surface area contributed by atoms with Crippen molar-refractivity contribution in [2.24, 2.45) is 17.8 Å². The summed E-state index contributed by atoms with van der Waals surface area (Å²) in [5.41, 5.74) is 0.695. The van der Waals surface area contributed by atoms with Crippen molar-refractivity contribution in [1.82, 2.24) is 15.3 Å². The summed E-state index contributed by atoms with van der Waals surface area (Å²) in [6, 6.07) is 4.04. The molecule has 2 atom stereocenters. The van der Waals surface area contributed by atoms with Gasteiger partial charge in [-0.25, -0.2) is 22.8 Å². The number of ether oxygens (including phenoxy) is 2. The standard InChI is InChI=1S/C19H22FN3O4S/c1-28(24,25)15-2-3-16(18(20)4-15)12-7-22-19(23-8-12)27-11-17-13-5-21-6-14(17)10-26-9-13/h2-4,7-8,13-14,17,21H,5-6,9-11H2,1H3. The van der Waals surface area contributed by atoms with Gasteiger partial charge in [0.1, 0.15) is 5.82 Å². The Morgan fingerprint density at radius 3 is 2.50 bits per heavy atom. The summed E-state index contributed by atoms with van der Waals surface area (Å²) in [6.45, 7) is 3.84. The Balaban J connectivity index is 1.44. The second kappa shape index (κ2) is 7.73. The van der Waals surface area contributed by atoms with E-state index in [1.165, 1.54) is 24.5 Å². The fraction of sp³-hybridized carbons (Fsp3) is 0.474. The molecule has 2 aliphatic rings. The normalized spacial score (nSPS) is 24.7. The van der Waals surface area contributed by atoms with Gasteiger partial charge in [-0.1, -0.05) is 6.07 Å². The van der Waals surface area contributed by atoms with Gasteiger partial charge in [0.15, 0.2) is 9.84 Å². The van der Waals surface area contributed by atoms with Crippen LogP contribution in [0.4, 0.5) is 4.39 Å². The van der Waals surface area contributed by atoms with Crippen LogP contribution >= 0.6 is 0 Å². The molecule has 4 rings (SSSR count). The lowest BCUT2D eigenvalue weighted by molar-refractivity contribution is -0.0607. The second-order valence-corrected chi connectivity index (χ2v) is 9.37. The molecule has 2 unspecified atom stereocenters. The van der Waals surface area contributed by atoms with Gasteiger partial charge in [-0.3, -0.25) is 0 Å². The lowest BCUT2D eigenvalue weighted by Crippen LogP contribution is -2.52. The van der Waals surface area contributed by atoms with Gasteiger partial charge in [0, 0.05) is 60.6 Å². The Morgan fingerprint density at radius 2 is 1.89 bits per heavy atom. The number of fused-ring (bicyclic) bond motifs is 2. The van der Waals surface area contributed by atoms with E-state index in [9.17, 15) is 12.8 Å². The van der Waals surface area contributed by atoms with Crippen molar-refractivity contribution in [3.63, 3.8) is 0 Å². The van der Waals surface area contributed by atoms with Crippen molar-refractivity contribution in [3.05, 3.63) is 36.4 Å². The Bertz CT molecular complexity index is 930. The molecule has 2 fully saturated rings. The smallest absolute Gasteiger partial charge is 0.316 e. The number of sulfone groups is 1. The largest absolute Gasteiger partial charge is 0.463 e. The number of hydrogen-bond donors (Lipinski definition) is 1. The van der Waals surface area contributed by atoms with E-state index in [2.05, 4.69) is 15.3 Å². The first-order chi connectivity index (χ1) is 13.4. The van der Waals surface area contributed by atoms with E-state index in [0.717, 1.165) is 38.6 Å². The van der Waals surface area contributed by atoms with E-state index in [-0.39, 0.29) is 16.5 Å². The molecule has 7 nitrogen and oxygen atoms in total. The van der Waals surface area contributed by atoms with Gasteiger partial charge in [-0.2, -0.15) is 0 Å². The van der Waals surface area contributed by atoms with Gasteiger partial charge in [0.25, 0.3) is 0 Å². The molecule has 2 bridgehead atoms. The third-order valence-electron chi connectivity index (χ3n) is 5.40. The zero-order chi connectivity index (χ0) is 19.7. The Labute approximate surface area is 163 Å². The fourth-order valence-electron chi connectivity index (χ4n) is 3.81. The van der Waals surface area contributed by atoms with Crippen molar-refractivity contribution in [1.29, 1.82) is 0 Å². The van der Waals surface area contributed by atoms with Crippen LogP contribution in [0.1, 0.15) is 0 Å². The third-order valence-corrected chi connectivity index (χ3v) is 6.51. The van der Waals surface area contributed by atoms with Gasteiger partial charge in [0.2, 0.25) is 0 Å². The monoisotopic (exact) mass is 407 g/mol. The van der Waals surface area contributed by atoms with Gasteiger partial charge in [-0.05, 0) is 12.1 Å². The van der Waals surface area contributed by atoms with Crippen LogP contribution in [0.25, 0.3) is 11.1 Å². The lowest BCUT2D eigenvalue weighted by atomic mass is 9.78. The zero-order valence-electron chi connectivity index (χ0n) is 15.5. The molecule has 0 amide bonds. The number of aromatic nitrogens is 2. The minimum Gasteiger partial charge on any atom is -0.463 e. The molecule has 0 saturated carbocycles. The predicted octanol–water partition coefficient (Wildman–Crippen LogP) is 1.55. The molecule has 3 heterocycles. The molecule has 0 radical (unpaired) electrons. The second-order valence-electron chi connectivity index (χ2n) is 7.36. The molecule has 1 aromatic heterocycles. The topological polar surface area (TPSA) is 90.4 Å². The molecule has 1 aromatic carbocycles. The van der Waals surface area contributed by atoms with Gasteiger partial charge in [-0.15, -0.1) is 0 Å². The van der Waals surface area contributed by atoms with Crippen LogP contribution < -0.4 is 10.1 Å². The number of piperidine rings is 1.